The second-order valence-electron chi connectivity index (χ2n) is 8.29. The van der Waals surface area contributed by atoms with Gasteiger partial charge in [-0.1, -0.05) is 59.6 Å². The summed E-state index contributed by atoms with van der Waals surface area (Å²) in [5.41, 5.74) is 2.07. The SMILES string of the molecule is COc1ccc(C)cc1S(=O)(=O)N(CC(=O)N[C@@H](C)CCc1ccccc1)c1cc(Cl)cc(Cl)c1. The molecular weight excluding hydrogens is 507 g/mol. The molecule has 0 bridgehead atoms. The van der Waals surface area contributed by atoms with E-state index in [1.807, 2.05) is 37.3 Å². The van der Waals surface area contributed by atoms with Gasteiger partial charge in [0.2, 0.25) is 5.91 Å². The van der Waals surface area contributed by atoms with Crippen LogP contribution in [0.1, 0.15) is 24.5 Å². The molecule has 3 aromatic carbocycles. The highest BCUT2D eigenvalue weighted by Gasteiger charge is 2.31. The molecule has 0 radical (unpaired) electrons. The number of aryl methyl sites for hydroxylation is 2. The third-order valence-electron chi connectivity index (χ3n) is 5.43. The number of amides is 1. The minimum atomic E-state index is -4.21. The highest BCUT2D eigenvalue weighted by Crippen LogP contribution is 2.33. The van der Waals surface area contributed by atoms with Gasteiger partial charge in [-0.15, -0.1) is 0 Å². The fourth-order valence-electron chi connectivity index (χ4n) is 3.65. The number of carbonyl (C=O) groups is 1. The average molecular weight is 535 g/mol. The Morgan fingerprint density at radius 2 is 1.69 bits per heavy atom. The molecule has 6 nitrogen and oxygen atoms in total. The molecule has 9 heteroatoms. The number of methoxy groups -OCH3 is 1. The summed E-state index contributed by atoms with van der Waals surface area (Å²) in [5.74, 6) is -0.276. The smallest absolute Gasteiger partial charge is 0.268 e. The number of carbonyl (C=O) groups excluding carboxylic acids is 1. The van der Waals surface area contributed by atoms with Crippen molar-refractivity contribution in [2.75, 3.05) is 18.0 Å². The van der Waals surface area contributed by atoms with Crippen molar-refractivity contribution in [3.8, 4) is 5.75 Å². The zero-order valence-electron chi connectivity index (χ0n) is 19.8. The van der Waals surface area contributed by atoms with Gasteiger partial charge in [-0.3, -0.25) is 9.10 Å². The van der Waals surface area contributed by atoms with Gasteiger partial charge in [0.1, 0.15) is 17.2 Å². The van der Waals surface area contributed by atoms with Gasteiger partial charge in [0.05, 0.1) is 12.8 Å². The predicted molar refractivity (Wildman–Crippen MR) is 141 cm³/mol. The molecular formula is C26H28Cl2N2O4S. The maximum Gasteiger partial charge on any atom is 0.268 e. The molecule has 3 rings (SSSR count). The lowest BCUT2D eigenvalue weighted by atomic mass is 10.1. The summed E-state index contributed by atoms with van der Waals surface area (Å²) in [5, 5.41) is 3.40. The van der Waals surface area contributed by atoms with E-state index in [0.29, 0.717) is 6.42 Å². The fourth-order valence-corrected chi connectivity index (χ4v) is 5.82. The summed E-state index contributed by atoms with van der Waals surface area (Å²) in [6, 6.07) is 19.0. The van der Waals surface area contributed by atoms with Gasteiger partial charge < -0.3 is 10.1 Å². The van der Waals surface area contributed by atoms with Crippen LogP contribution in [0.5, 0.6) is 5.75 Å². The standard InChI is InChI=1S/C26H28Cl2N2O4S/c1-18-9-12-24(34-3)25(13-18)35(32,33)30(23-15-21(27)14-22(28)16-23)17-26(31)29-19(2)10-11-20-7-5-4-6-8-20/h4-9,12-16,19H,10-11,17H2,1-3H3,(H,29,31)/t19-/m0/s1. The topological polar surface area (TPSA) is 75.7 Å². The van der Waals surface area contributed by atoms with Crippen molar-refractivity contribution in [2.24, 2.45) is 0 Å². The summed E-state index contributed by atoms with van der Waals surface area (Å²) < 4.78 is 33.9. The van der Waals surface area contributed by atoms with Gasteiger partial charge in [-0.05, 0) is 68.1 Å². The average Bonchev–Trinajstić information content (AvgIpc) is 2.81. The van der Waals surface area contributed by atoms with Gasteiger partial charge in [-0.2, -0.15) is 0 Å². The van der Waals surface area contributed by atoms with Crippen LogP contribution < -0.4 is 14.4 Å². The van der Waals surface area contributed by atoms with Crippen molar-refractivity contribution in [3.05, 3.63) is 87.9 Å². The van der Waals surface area contributed by atoms with Gasteiger partial charge in [0.15, 0.2) is 0 Å². The van der Waals surface area contributed by atoms with Crippen LogP contribution in [0.15, 0.2) is 71.6 Å². The molecule has 0 aromatic heterocycles. The van der Waals surface area contributed by atoms with E-state index in [-0.39, 0.29) is 32.4 Å². The Bertz CT molecular complexity index is 1260. The fraction of sp³-hybridized carbons (Fsp3) is 0.269. The monoisotopic (exact) mass is 534 g/mol. The first kappa shape index (κ1) is 26.9. The third-order valence-corrected chi connectivity index (χ3v) is 7.66. The molecule has 3 aromatic rings. The molecule has 0 spiro atoms. The molecule has 186 valence electrons. The normalized spacial score (nSPS) is 12.1. The quantitative estimate of drug-likeness (QED) is 0.365. The largest absolute Gasteiger partial charge is 0.495 e. The maximum atomic E-state index is 13.8. The number of ether oxygens (including phenoxy) is 1. The lowest BCUT2D eigenvalue weighted by Gasteiger charge is -2.26. The molecule has 0 aliphatic carbocycles. The highest BCUT2D eigenvalue weighted by atomic mass is 35.5. The lowest BCUT2D eigenvalue weighted by molar-refractivity contribution is -0.120. The Kier molecular flexibility index (Phi) is 9.05. The van der Waals surface area contributed by atoms with E-state index in [2.05, 4.69) is 5.32 Å². The van der Waals surface area contributed by atoms with Crippen molar-refractivity contribution in [1.29, 1.82) is 0 Å². The Balaban J connectivity index is 1.88. The number of hydrogen-bond donors (Lipinski definition) is 1. The Labute approximate surface area is 216 Å². The van der Waals surface area contributed by atoms with Crippen LogP contribution in [0.25, 0.3) is 0 Å². The number of benzene rings is 3. The summed E-state index contributed by atoms with van der Waals surface area (Å²) in [6.45, 7) is 3.21. The van der Waals surface area contributed by atoms with Crippen molar-refractivity contribution < 1.29 is 17.9 Å². The van der Waals surface area contributed by atoms with Crippen molar-refractivity contribution in [3.63, 3.8) is 0 Å². The number of nitrogens with one attached hydrogen (secondary N) is 1. The second kappa shape index (κ2) is 11.8. The van der Waals surface area contributed by atoms with E-state index in [1.54, 1.807) is 19.1 Å². The van der Waals surface area contributed by atoms with E-state index >= 15 is 0 Å². The number of anilines is 1. The molecule has 0 unspecified atom stereocenters. The lowest BCUT2D eigenvalue weighted by Crippen LogP contribution is -2.43. The number of nitrogens with zero attached hydrogens (tertiary/aromatic N) is 1. The van der Waals surface area contributed by atoms with Crippen molar-refractivity contribution in [1.82, 2.24) is 5.32 Å². The molecule has 0 saturated carbocycles. The van der Waals surface area contributed by atoms with Crippen LogP contribution in [-0.4, -0.2) is 34.0 Å². The summed E-state index contributed by atoms with van der Waals surface area (Å²) in [6.07, 6.45) is 1.49. The molecule has 35 heavy (non-hydrogen) atoms. The minimum Gasteiger partial charge on any atom is -0.495 e. The van der Waals surface area contributed by atoms with Crippen LogP contribution in [0, 0.1) is 6.92 Å². The van der Waals surface area contributed by atoms with E-state index in [4.69, 9.17) is 27.9 Å². The van der Waals surface area contributed by atoms with E-state index in [9.17, 15) is 13.2 Å². The van der Waals surface area contributed by atoms with Gasteiger partial charge in [0.25, 0.3) is 10.0 Å². The summed E-state index contributed by atoms with van der Waals surface area (Å²) >= 11 is 12.3. The second-order valence-corrected chi connectivity index (χ2v) is 11.0. The molecule has 0 aliphatic rings. The molecule has 1 N–H and O–H groups in total. The highest BCUT2D eigenvalue weighted by molar-refractivity contribution is 7.93. The minimum absolute atomic E-state index is 0.0546. The van der Waals surface area contributed by atoms with E-state index in [0.717, 1.165) is 21.9 Å². The molecule has 0 heterocycles. The zero-order chi connectivity index (χ0) is 25.6. The van der Waals surface area contributed by atoms with Crippen LogP contribution >= 0.6 is 23.2 Å². The summed E-state index contributed by atoms with van der Waals surface area (Å²) in [7, 11) is -2.81. The molecule has 0 aliphatic heterocycles. The molecule has 0 fully saturated rings. The maximum absolute atomic E-state index is 13.8. The molecule has 0 saturated heterocycles. The Hall–Kier alpha value is -2.74. The van der Waals surface area contributed by atoms with Crippen LogP contribution in [0.4, 0.5) is 5.69 Å². The predicted octanol–water partition coefficient (Wildman–Crippen LogP) is 5.64. The van der Waals surface area contributed by atoms with Crippen LogP contribution in [-0.2, 0) is 21.2 Å². The van der Waals surface area contributed by atoms with Crippen molar-refractivity contribution >= 4 is 44.8 Å². The van der Waals surface area contributed by atoms with Crippen molar-refractivity contribution in [2.45, 2.75) is 37.6 Å². The Morgan fingerprint density at radius 1 is 1.03 bits per heavy atom. The first-order chi connectivity index (χ1) is 16.6. The number of halogens is 2. The van der Waals surface area contributed by atoms with Crippen LogP contribution in [0.2, 0.25) is 10.0 Å². The molecule has 1 amide bonds. The van der Waals surface area contributed by atoms with Gasteiger partial charge in [-0.25, -0.2) is 8.42 Å². The third kappa shape index (κ3) is 7.13. The van der Waals surface area contributed by atoms with Crippen LogP contribution in [0.3, 0.4) is 0 Å². The zero-order valence-corrected chi connectivity index (χ0v) is 22.1. The summed E-state index contributed by atoms with van der Waals surface area (Å²) in [4.78, 5) is 12.9. The number of sulfonamides is 1. The van der Waals surface area contributed by atoms with E-state index in [1.165, 1.54) is 31.4 Å². The Morgan fingerprint density at radius 3 is 2.31 bits per heavy atom. The van der Waals surface area contributed by atoms with Gasteiger partial charge >= 0.3 is 0 Å². The van der Waals surface area contributed by atoms with E-state index < -0.39 is 22.5 Å². The first-order valence-electron chi connectivity index (χ1n) is 11.1. The number of rotatable bonds is 10. The van der Waals surface area contributed by atoms with Gasteiger partial charge in [0, 0.05) is 16.1 Å². The molecule has 1 atom stereocenters. The number of hydrogen-bond acceptors (Lipinski definition) is 4. The first-order valence-corrected chi connectivity index (χ1v) is 13.3.